The molecule has 1 saturated heterocycles. The summed E-state index contributed by atoms with van der Waals surface area (Å²) in [6.45, 7) is 7.07. The van der Waals surface area contributed by atoms with Gasteiger partial charge in [0.1, 0.15) is 0 Å². The SMILES string of the molecule is CCNC(=O)c1ccc(C)c(NC(=O)c2cn(CC3CCCNC3)nn2)c1.Cl. The fraction of sp³-hybridized carbons (Fsp3) is 0.474. The maximum absolute atomic E-state index is 12.5. The highest BCUT2D eigenvalue weighted by Crippen LogP contribution is 2.18. The molecule has 1 aliphatic heterocycles. The Kier molecular flexibility index (Phi) is 7.95. The van der Waals surface area contributed by atoms with Crippen LogP contribution >= 0.6 is 12.4 Å². The standard InChI is InChI=1S/C19H26N6O2.ClH/c1-3-21-18(26)15-7-6-13(2)16(9-15)22-19(27)17-12-25(24-23-17)11-14-5-4-8-20-10-14;/h6-7,9,12,14,20H,3-5,8,10-11H2,1-2H3,(H,21,26)(H,22,27);1H. The molecule has 0 radical (unpaired) electrons. The number of benzene rings is 1. The monoisotopic (exact) mass is 406 g/mol. The lowest BCUT2D eigenvalue weighted by atomic mass is 10.00. The van der Waals surface area contributed by atoms with E-state index < -0.39 is 0 Å². The van der Waals surface area contributed by atoms with Crippen LogP contribution < -0.4 is 16.0 Å². The van der Waals surface area contributed by atoms with Gasteiger partial charge in [-0.05, 0) is 63.4 Å². The number of amides is 2. The van der Waals surface area contributed by atoms with Crippen LogP contribution in [0.2, 0.25) is 0 Å². The Morgan fingerprint density at radius 2 is 2.14 bits per heavy atom. The minimum Gasteiger partial charge on any atom is -0.352 e. The summed E-state index contributed by atoms with van der Waals surface area (Å²) in [5, 5.41) is 17.0. The Morgan fingerprint density at radius 3 is 2.86 bits per heavy atom. The minimum absolute atomic E-state index is 0. The molecule has 1 aromatic carbocycles. The smallest absolute Gasteiger partial charge is 0.277 e. The quantitative estimate of drug-likeness (QED) is 0.681. The van der Waals surface area contributed by atoms with E-state index in [1.54, 1.807) is 23.0 Å². The zero-order valence-corrected chi connectivity index (χ0v) is 17.0. The molecule has 0 bridgehead atoms. The van der Waals surface area contributed by atoms with Crippen LogP contribution in [0.3, 0.4) is 0 Å². The second-order valence-corrected chi connectivity index (χ2v) is 6.88. The fourth-order valence-corrected chi connectivity index (χ4v) is 3.18. The van der Waals surface area contributed by atoms with Crippen molar-refractivity contribution in [3.63, 3.8) is 0 Å². The summed E-state index contributed by atoms with van der Waals surface area (Å²) in [4.78, 5) is 24.5. The molecule has 3 N–H and O–H groups in total. The number of aromatic nitrogens is 3. The van der Waals surface area contributed by atoms with Gasteiger partial charge in [-0.25, -0.2) is 0 Å². The predicted octanol–water partition coefficient (Wildman–Crippen LogP) is 2.01. The molecular formula is C19H27ClN6O2. The molecular weight excluding hydrogens is 380 g/mol. The molecule has 28 heavy (non-hydrogen) atoms. The molecule has 152 valence electrons. The molecule has 2 amide bonds. The number of halogens is 1. The topological polar surface area (TPSA) is 101 Å². The highest BCUT2D eigenvalue weighted by molar-refractivity contribution is 6.04. The Balaban J connectivity index is 0.00000280. The van der Waals surface area contributed by atoms with Crippen molar-refractivity contribution in [2.75, 3.05) is 25.0 Å². The molecule has 3 rings (SSSR count). The van der Waals surface area contributed by atoms with Gasteiger partial charge < -0.3 is 16.0 Å². The predicted molar refractivity (Wildman–Crippen MR) is 110 cm³/mol. The fourth-order valence-electron chi connectivity index (χ4n) is 3.18. The van der Waals surface area contributed by atoms with Crippen molar-refractivity contribution in [2.45, 2.75) is 33.2 Å². The molecule has 0 saturated carbocycles. The van der Waals surface area contributed by atoms with E-state index in [0.29, 0.717) is 23.7 Å². The molecule has 1 aliphatic rings. The molecule has 1 fully saturated rings. The van der Waals surface area contributed by atoms with E-state index in [1.807, 2.05) is 19.9 Å². The molecule has 0 spiro atoms. The van der Waals surface area contributed by atoms with Crippen molar-refractivity contribution in [2.24, 2.45) is 5.92 Å². The first-order valence-electron chi connectivity index (χ1n) is 9.38. The first-order chi connectivity index (χ1) is 13.1. The summed E-state index contributed by atoms with van der Waals surface area (Å²) < 4.78 is 1.73. The van der Waals surface area contributed by atoms with Crippen LogP contribution in [0.5, 0.6) is 0 Å². The number of piperidine rings is 1. The van der Waals surface area contributed by atoms with Gasteiger partial charge in [0.15, 0.2) is 5.69 Å². The number of rotatable bonds is 6. The van der Waals surface area contributed by atoms with Crippen molar-refractivity contribution < 1.29 is 9.59 Å². The van der Waals surface area contributed by atoms with Crippen LogP contribution in [0.4, 0.5) is 5.69 Å². The number of aryl methyl sites for hydroxylation is 1. The summed E-state index contributed by atoms with van der Waals surface area (Å²) in [7, 11) is 0. The summed E-state index contributed by atoms with van der Waals surface area (Å²) >= 11 is 0. The maximum Gasteiger partial charge on any atom is 0.277 e. The Hall–Kier alpha value is -2.45. The summed E-state index contributed by atoms with van der Waals surface area (Å²) in [6, 6.07) is 5.23. The van der Waals surface area contributed by atoms with E-state index in [0.717, 1.165) is 38.0 Å². The number of nitrogens with one attached hydrogen (secondary N) is 3. The third-order valence-corrected chi connectivity index (χ3v) is 4.70. The molecule has 2 aromatic rings. The van der Waals surface area contributed by atoms with Crippen molar-refractivity contribution in [3.8, 4) is 0 Å². The molecule has 2 heterocycles. The second kappa shape index (κ2) is 10.2. The van der Waals surface area contributed by atoms with Crippen LogP contribution in [0, 0.1) is 12.8 Å². The van der Waals surface area contributed by atoms with E-state index in [9.17, 15) is 9.59 Å². The highest BCUT2D eigenvalue weighted by Gasteiger charge is 2.17. The maximum atomic E-state index is 12.5. The van der Waals surface area contributed by atoms with Crippen molar-refractivity contribution in [1.82, 2.24) is 25.6 Å². The zero-order valence-electron chi connectivity index (χ0n) is 16.2. The number of hydrogen-bond acceptors (Lipinski definition) is 5. The van der Waals surface area contributed by atoms with Gasteiger partial charge in [-0.1, -0.05) is 11.3 Å². The summed E-state index contributed by atoms with van der Waals surface area (Å²) in [6.07, 6.45) is 3.99. The molecule has 1 aromatic heterocycles. The van der Waals surface area contributed by atoms with E-state index in [-0.39, 0.29) is 29.9 Å². The highest BCUT2D eigenvalue weighted by atomic mass is 35.5. The van der Waals surface area contributed by atoms with E-state index >= 15 is 0 Å². The second-order valence-electron chi connectivity index (χ2n) is 6.88. The van der Waals surface area contributed by atoms with Crippen LogP contribution in [-0.2, 0) is 6.54 Å². The number of carbonyl (C=O) groups is 2. The average Bonchev–Trinajstić information content (AvgIpc) is 3.13. The number of nitrogens with zero attached hydrogens (tertiary/aromatic N) is 3. The Labute approximate surface area is 170 Å². The van der Waals surface area contributed by atoms with Crippen molar-refractivity contribution in [1.29, 1.82) is 0 Å². The molecule has 9 heteroatoms. The van der Waals surface area contributed by atoms with Gasteiger partial charge in [-0.2, -0.15) is 0 Å². The van der Waals surface area contributed by atoms with Crippen LogP contribution in [0.25, 0.3) is 0 Å². The first-order valence-corrected chi connectivity index (χ1v) is 9.38. The van der Waals surface area contributed by atoms with Gasteiger partial charge in [0.2, 0.25) is 0 Å². The number of anilines is 1. The average molecular weight is 407 g/mol. The number of carbonyl (C=O) groups excluding carboxylic acids is 2. The molecule has 1 unspecified atom stereocenters. The summed E-state index contributed by atoms with van der Waals surface area (Å²) in [5.74, 6) is 0.00608. The minimum atomic E-state index is -0.334. The largest absolute Gasteiger partial charge is 0.352 e. The van der Waals surface area contributed by atoms with Crippen LogP contribution in [-0.4, -0.2) is 46.4 Å². The lowest BCUT2D eigenvalue weighted by Crippen LogP contribution is -2.32. The van der Waals surface area contributed by atoms with Gasteiger partial charge in [0.05, 0.1) is 6.20 Å². The third kappa shape index (κ3) is 5.53. The van der Waals surface area contributed by atoms with Crippen molar-refractivity contribution >= 4 is 29.9 Å². The van der Waals surface area contributed by atoms with E-state index in [4.69, 9.17) is 0 Å². The van der Waals surface area contributed by atoms with Crippen LogP contribution in [0.1, 0.15) is 46.2 Å². The summed E-state index contributed by atoms with van der Waals surface area (Å²) in [5.41, 5.74) is 2.24. The van der Waals surface area contributed by atoms with Gasteiger partial charge in [0.25, 0.3) is 11.8 Å². The third-order valence-electron chi connectivity index (χ3n) is 4.70. The van der Waals surface area contributed by atoms with Gasteiger partial charge in [-0.15, -0.1) is 17.5 Å². The normalized spacial score (nSPS) is 16.1. The lowest BCUT2D eigenvalue weighted by Gasteiger charge is -2.22. The van der Waals surface area contributed by atoms with Crippen LogP contribution in [0.15, 0.2) is 24.4 Å². The first kappa shape index (κ1) is 21.8. The molecule has 8 nitrogen and oxygen atoms in total. The number of hydrogen-bond donors (Lipinski definition) is 3. The van der Waals surface area contributed by atoms with E-state index in [1.165, 1.54) is 0 Å². The lowest BCUT2D eigenvalue weighted by molar-refractivity contribution is 0.0954. The Morgan fingerprint density at radius 1 is 1.32 bits per heavy atom. The van der Waals surface area contributed by atoms with E-state index in [2.05, 4.69) is 26.3 Å². The van der Waals surface area contributed by atoms with Gasteiger partial charge >= 0.3 is 0 Å². The Bertz CT molecular complexity index is 817. The van der Waals surface area contributed by atoms with Gasteiger partial charge in [0, 0.05) is 24.3 Å². The van der Waals surface area contributed by atoms with Crippen molar-refractivity contribution in [3.05, 3.63) is 41.2 Å². The molecule has 0 aliphatic carbocycles. The zero-order chi connectivity index (χ0) is 19.2. The van der Waals surface area contributed by atoms with Gasteiger partial charge in [-0.3, -0.25) is 14.3 Å². The molecule has 1 atom stereocenters.